The largest absolute Gasteiger partial charge is 0.371 e. The Morgan fingerprint density at radius 1 is 1.19 bits per heavy atom. The van der Waals surface area contributed by atoms with E-state index in [0.717, 1.165) is 26.2 Å². The van der Waals surface area contributed by atoms with E-state index in [-0.39, 0.29) is 0 Å². The van der Waals surface area contributed by atoms with E-state index in [1.807, 2.05) is 0 Å². The number of rotatable bonds is 1. The fourth-order valence-electron chi connectivity index (χ4n) is 2.33. The molecule has 0 spiro atoms. The summed E-state index contributed by atoms with van der Waals surface area (Å²) in [5.74, 6) is 0. The van der Waals surface area contributed by atoms with E-state index in [9.17, 15) is 0 Å². The topological polar surface area (TPSA) is 15.3 Å². The summed E-state index contributed by atoms with van der Waals surface area (Å²) >= 11 is 0. The highest BCUT2D eigenvalue weighted by molar-refractivity contribution is 5.46. The molecule has 0 aliphatic carbocycles. The summed E-state index contributed by atoms with van der Waals surface area (Å²) < 4.78 is 0. The minimum absolute atomic E-state index is 0.344. The van der Waals surface area contributed by atoms with Crippen molar-refractivity contribution in [3.8, 4) is 0 Å². The molecule has 0 aromatic heterocycles. The Morgan fingerprint density at radius 3 is 2.69 bits per heavy atom. The second kappa shape index (κ2) is 4.88. The molecule has 1 fully saturated rings. The van der Waals surface area contributed by atoms with Crippen LogP contribution in [0.5, 0.6) is 0 Å². The van der Waals surface area contributed by atoms with Crippen LogP contribution in [0.3, 0.4) is 0 Å². The third kappa shape index (κ3) is 2.99. The molecule has 16 heavy (non-hydrogen) atoms. The first-order valence-corrected chi connectivity index (χ1v) is 6.18. The normalized spacial score (nSPS) is 21.2. The predicted molar refractivity (Wildman–Crippen MR) is 69.9 cm³/mol. The third-order valence-corrected chi connectivity index (χ3v) is 3.13. The van der Waals surface area contributed by atoms with Crippen molar-refractivity contribution in [3.63, 3.8) is 0 Å². The third-order valence-electron chi connectivity index (χ3n) is 3.13. The van der Waals surface area contributed by atoms with Crippen LogP contribution in [-0.4, -0.2) is 26.2 Å². The van der Waals surface area contributed by atoms with Gasteiger partial charge in [-0.05, 0) is 30.5 Å². The predicted octanol–water partition coefficient (Wildman–Crippen LogP) is 2.51. The molecule has 1 aromatic carbocycles. The average molecular weight is 218 g/mol. The molecule has 0 atom stereocenters. The molecule has 0 bridgehead atoms. The molecule has 1 N–H and O–H groups in total. The number of hydrogen-bond donors (Lipinski definition) is 1. The first kappa shape index (κ1) is 11.5. The van der Waals surface area contributed by atoms with Gasteiger partial charge >= 0.3 is 0 Å². The van der Waals surface area contributed by atoms with Gasteiger partial charge in [-0.3, -0.25) is 0 Å². The summed E-state index contributed by atoms with van der Waals surface area (Å²) in [5, 5.41) is 3.52. The van der Waals surface area contributed by atoms with E-state index in [2.05, 4.69) is 54.4 Å². The van der Waals surface area contributed by atoms with Gasteiger partial charge in [0.15, 0.2) is 0 Å². The summed E-state index contributed by atoms with van der Waals surface area (Å²) in [6.07, 6.45) is 1.23. The molecule has 2 heteroatoms. The minimum Gasteiger partial charge on any atom is -0.371 e. The summed E-state index contributed by atoms with van der Waals surface area (Å²) in [5.41, 5.74) is 1.70. The van der Waals surface area contributed by atoms with Gasteiger partial charge in [-0.15, -0.1) is 0 Å². The van der Waals surface area contributed by atoms with Crippen LogP contribution in [0.15, 0.2) is 30.3 Å². The standard InChI is InChI=1S/C14H22N2/c1-14(2)11-15-9-6-10-16(12-14)13-7-4-3-5-8-13/h3-5,7-8,15H,6,9-12H2,1-2H3. The molecule has 0 unspecified atom stereocenters. The number of benzene rings is 1. The van der Waals surface area contributed by atoms with Crippen LogP contribution in [0.4, 0.5) is 5.69 Å². The maximum atomic E-state index is 3.52. The molecule has 1 aliphatic rings. The average Bonchev–Trinajstić information content (AvgIpc) is 2.25. The Bertz CT molecular complexity index is 319. The van der Waals surface area contributed by atoms with Crippen LogP contribution in [0.2, 0.25) is 0 Å². The van der Waals surface area contributed by atoms with E-state index in [1.54, 1.807) is 0 Å². The molecule has 1 aliphatic heterocycles. The van der Waals surface area contributed by atoms with Crippen molar-refractivity contribution in [1.82, 2.24) is 5.32 Å². The molecule has 1 saturated heterocycles. The molecular formula is C14H22N2. The van der Waals surface area contributed by atoms with Crippen molar-refractivity contribution in [2.24, 2.45) is 5.41 Å². The van der Waals surface area contributed by atoms with Gasteiger partial charge in [0.1, 0.15) is 0 Å². The number of nitrogens with one attached hydrogen (secondary N) is 1. The SMILES string of the molecule is CC1(C)CNCCCN(c2ccccc2)C1. The van der Waals surface area contributed by atoms with Crippen molar-refractivity contribution in [3.05, 3.63) is 30.3 Å². The van der Waals surface area contributed by atoms with Gasteiger partial charge in [-0.2, -0.15) is 0 Å². The molecule has 1 heterocycles. The molecular weight excluding hydrogens is 196 g/mol. The van der Waals surface area contributed by atoms with Gasteiger partial charge in [-0.25, -0.2) is 0 Å². The molecule has 0 saturated carbocycles. The lowest BCUT2D eigenvalue weighted by Crippen LogP contribution is -2.44. The van der Waals surface area contributed by atoms with Crippen LogP contribution in [-0.2, 0) is 0 Å². The van der Waals surface area contributed by atoms with Crippen molar-refractivity contribution in [2.45, 2.75) is 20.3 Å². The monoisotopic (exact) mass is 218 g/mol. The van der Waals surface area contributed by atoms with Crippen LogP contribution in [0.1, 0.15) is 20.3 Å². The highest BCUT2D eigenvalue weighted by Gasteiger charge is 2.23. The Morgan fingerprint density at radius 2 is 1.94 bits per heavy atom. The van der Waals surface area contributed by atoms with E-state index in [0.29, 0.717) is 5.41 Å². The maximum absolute atomic E-state index is 3.52. The zero-order valence-electron chi connectivity index (χ0n) is 10.4. The van der Waals surface area contributed by atoms with Gasteiger partial charge in [0.2, 0.25) is 0 Å². The number of para-hydroxylation sites is 1. The van der Waals surface area contributed by atoms with Gasteiger partial charge < -0.3 is 10.2 Å². The van der Waals surface area contributed by atoms with Crippen molar-refractivity contribution in [2.75, 3.05) is 31.1 Å². The quantitative estimate of drug-likeness (QED) is 0.779. The zero-order valence-corrected chi connectivity index (χ0v) is 10.4. The Balaban J connectivity index is 2.12. The summed E-state index contributed by atoms with van der Waals surface area (Å²) in [7, 11) is 0. The Hall–Kier alpha value is -1.02. The molecule has 1 aromatic rings. The number of hydrogen-bond acceptors (Lipinski definition) is 2. The van der Waals surface area contributed by atoms with Crippen LogP contribution in [0, 0.1) is 5.41 Å². The lowest BCUT2D eigenvalue weighted by Gasteiger charge is -2.36. The molecule has 2 rings (SSSR count). The molecule has 0 radical (unpaired) electrons. The van der Waals surface area contributed by atoms with Gasteiger partial charge in [-0.1, -0.05) is 32.0 Å². The van der Waals surface area contributed by atoms with Crippen LogP contribution >= 0.6 is 0 Å². The Labute approximate surface area is 98.7 Å². The first-order valence-electron chi connectivity index (χ1n) is 6.18. The van der Waals surface area contributed by atoms with E-state index in [1.165, 1.54) is 12.1 Å². The first-order chi connectivity index (χ1) is 7.67. The van der Waals surface area contributed by atoms with Gasteiger partial charge in [0.25, 0.3) is 0 Å². The van der Waals surface area contributed by atoms with Crippen molar-refractivity contribution >= 4 is 5.69 Å². The van der Waals surface area contributed by atoms with E-state index in [4.69, 9.17) is 0 Å². The van der Waals surface area contributed by atoms with Crippen molar-refractivity contribution < 1.29 is 0 Å². The maximum Gasteiger partial charge on any atom is 0.0366 e. The lowest BCUT2D eigenvalue weighted by molar-refractivity contribution is 0.325. The van der Waals surface area contributed by atoms with E-state index < -0.39 is 0 Å². The minimum atomic E-state index is 0.344. The fourth-order valence-corrected chi connectivity index (χ4v) is 2.33. The zero-order chi connectivity index (χ0) is 11.4. The molecule has 0 amide bonds. The fraction of sp³-hybridized carbons (Fsp3) is 0.571. The van der Waals surface area contributed by atoms with E-state index >= 15 is 0 Å². The second-order valence-corrected chi connectivity index (χ2v) is 5.45. The highest BCUT2D eigenvalue weighted by atomic mass is 15.1. The molecule has 2 nitrogen and oxygen atoms in total. The van der Waals surface area contributed by atoms with Crippen LogP contribution < -0.4 is 10.2 Å². The van der Waals surface area contributed by atoms with Gasteiger partial charge in [0.05, 0.1) is 0 Å². The second-order valence-electron chi connectivity index (χ2n) is 5.45. The highest BCUT2D eigenvalue weighted by Crippen LogP contribution is 2.22. The Kier molecular flexibility index (Phi) is 3.49. The number of nitrogens with zero attached hydrogens (tertiary/aromatic N) is 1. The lowest BCUT2D eigenvalue weighted by atomic mass is 9.91. The summed E-state index contributed by atoms with van der Waals surface area (Å²) in [6, 6.07) is 10.8. The van der Waals surface area contributed by atoms with Crippen LogP contribution in [0.25, 0.3) is 0 Å². The van der Waals surface area contributed by atoms with Gasteiger partial charge in [0, 0.05) is 25.3 Å². The number of anilines is 1. The molecule has 88 valence electrons. The smallest absolute Gasteiger partial charge is 0.0366 e. The summed E-state index contributed by atoms with van der Waals surface area (Å²) in [6.45, 7) is 9.19. The van der Waals surface area contributed by atoms with Crippen molar-refractivity contribution in [1.29, 1.82) is 0 Å². The summed E-state index contributed by atoms with van der Waals surface area (Å²) in [4.78, 5) is 2.51.